The zero-order valence-electron chi connectivity index (χ0n) is 14.4. The van der Waals surface area contributed by atoms with Gasteiger partial charge in [0.2, 0.25) is 0 Å². The van der Waals surface area contributed by atoms with Gasteiger partial charge in [-0.1, -0.05) is 18.2 Å². The van der Waals surface area contributed by atoms with Crippen LogP contribution in [-0.4, -0.2) is 38.3 Å². The van der Waals surface area contributed by atoms with Gasteiger partial charge in [0.15, 0.2) is 23.0 Å². The Morgan fingerprint density at radius 1 is 1.15 bits per heavy atom. The van der Waals surface area contributed by atoms with Crippen molar-refractivity contribution in [3.63, 3.8) is 0 Å². The van der Waals surface area contributed by atoms with Gasteiger partial charge < -0.3 is 23.8 Å². The number of ether oxygens (including phenoxy) is 4. The lowest BCUT2D eigenvalue weighted by atomic mass is 10.1. The number of rotatable bonds is 5. The number of halogens is 2. The van der Waals surface area contributed by atoms with E-state index in [4.69, 9.17) is 9.47 Å². The van der Waals surface area contributed by atoms with E-state index in [1.54, 1.807) is 44.4 Å². The van der Waals surface area contributed by atoms with Gasteiger partial charge >= 0.3 is 6.29 Å². The molecule has 0 N–H and O–H groups in total. The smallest absolute Gasteiger partial charge is 0.493 e. The Morgan fingerprint density at radius 3 is 2.58 bits per heavy atom. The third kappa shape index (κ3) is 3.35. The first-order valence-corrected chi connectivity index (χ1v) is 7.71. The fraction of sp³-hybridized carbons (Fsp3) is 0.278. The van der Waals surface area contributed by atoms with Gasteiger partial charge in [0.05, 0.1) is 12.7 Å². The highest BCUT2D eigenvalue weighted by Crippen LogP contribution is 2.44. The van der Waals surface area contributed by atoms with Crippen molar-refractivity contribution in [2.24, 2.45) is 0 Å². The van der Waals surface area contributed by atoms with Crippen molar-refractivity contribution in [1.29, 1.82) is 0 Å². The van der Waals surface area contributed by atoms with Gasteiger partial charge in [0.25, 0.3) is 5.91 Å². The molecule has 0 saturated heterocycles. The number of hydrogen-bond donors (Lipinski definition) is 0. The summed E-state index contributed by atoms with van der Waals surface area (Å²) in [5.41, 5.74) is 0.651. The molecule has 0 bridgehead atoms. The molecule has 0 saturated carbocycles. The standard InChI is InChI=1S/C18H17F2NO5/c1-21(2)17(22)12-7-5-8-13(23-3)16(12)24-10-11-6-4-9-14-15(11)26-18(19,20)25-14/h4-9H,10H2,1-3H3. The van der Waals surface area contributed by atoms with E-state index in [-0.39, 0.29) is 29.8 Å². The van der Waals surface area contributed by atoms with Crippen molar-refractivity contribution in [3.05, 3.63) is 47.5 Å². The van der Waals surface area contributed by atoms with Gasteiger partial charge in [-0.3, -0.25) is 4.79 Å². The van der Waals surface area contributed by atoms with Crippen molar-refractivity contribution in [1.82, 2.24) is 4.90 Å². The maximum absolute atomic E-state index is 13.3. The van der Waals surface area contributed by atoms with Crippen LogP contribution in [0.3, 0.4) is 0 Å². The highest BCUT2D eigenvalue weighted by molar-refractivity contribution is 5.97. The summed E-state index contributed by atoms with van der Waals surface area (Å²) in [7, 11) is 4.68. The minimum Gasteiger partial charge on any atom is -0.493 e. The zero-order chi connectivity index (χ0) is 18.9. The topological polar surface area (TPSA) is 57.2 Å². The fourth-order valence-electron chi connectivity index (χ4n) is 2.52. The van der Waals surface area contributed by atoms with Gasteiger partial charge in [0.1, 0.15) is 6.61 Å². The molecule has 0 spiro atoms. The number of hydrogen-bond acceptors (Lipinski definition) is 5. The van der Waals surface area contributed by atoms with E-state index >= 15 is 0 Å². The molecule has 6 nitrogen and oxygen atoms in total. The Morgan fingerprint density at radius 2 is 1.88 bits per heavy atom. The zero-order valence-corrected chi connectivity index (χ0v) is 14.4. The van der Waals surface area contributed by atoms with Gasteiger partial charge in [-0.2, -0.15) is 0 Å². The average Bonchev–Trinajstić information content (AvgIpc) is 2.93. The van der Waals surface area contributed by atoms with Crippen LogP contribution >= 0.6 is 0 Å². The Kier molecular flexibility index (Phi) is 4.58. The molecular weight excluding hydrogens is 348 g/mol. The molecule has 8 heteroatoms. The predicted molar refractivity (Wildman–Crippen MR) is 88.0 cm³/mol. The average molecular weight is 365 g/mol. The minimum atomic E-state index is -3.71. The first kappa shape index (κ1) is 17.8. The molecule has 1 aliphatic rings. The Balaban J connectivity index is 1.90. The maximum Gasteiger partial charge on any atom is 0.586 e. The lowest BCUT2D eigenvalue weighted by molar-refractivity contribution is -0.287. The first-order chi connectivity index (χ1) is 12.3. The molecule has 1 heterocycles. The maximum atomic E-state index is 13.3. The van der Waals surface area contributed by atoms with Crippen LogP contribution in [0.4, 0.5) is 8.78 Å². The minimum absolute atomic E-state index is 0.0688. The molecule has 0 fully saturated rings. The number of benzene rings is 2. The Hall–Kier alpha value is -3.03. The normalized spacial score (nSPS) is 14.0. The highest BCUT2D eigenvalue weighted by atomic mass is 19.3. The van der Waals surface area contributed by atoms with Crippen LogP contribution in [0, 0.1) is 0 Å². The van der Waals surface area contributed by atoms with Crippen LogP contribution in [-0.2, 0) is 6.61 Å². The predicted octanol–water partition coefficient (Wildman–Crippen LogP) is 3.30. The molecule has 2 aromatic rings. The fourth-order valence-corrected chi connectivity index (χ4v) is 2.52. The highest BCUT2D eigenvalue weighted by Gasteiger charge is 2.44. The van der Waals surface area contributed by atoms with E-state index in [0.717, 1.165) is 0 Å². The second-order valence-corrected chi connectivity index (χ2v) is 5.74. The SMILES string of the molecule is COc1cccc(C(=O)N(C)C)c1OCc1cccc2c1OC(F)(F)O2. The van der Waals surface area contributed by atoms with Crippen molar-refractivity contribution in [2.45, 2.75) is 12.9 Å². The summed E-state index contributed by atoms with van der Waals surface area (Å²) in [5.74, 6) is 0.140. The van der Waals surface area contributed by atoms with Crippen molar-refractivity contribution in [2.75, 3.05) is 21.2 Å². The lowest BCUT2D eigenvalue weighted by Crippen LogP contribution is -2.26. The lowest BCUT2D eigenvalue weighted by Gasteiger charge is -2.17. The molecule has 1 aliphatic heterocycles. The summed E-state index contributed by atoms with van der Waals surface area (Å²) >= 11 is 0. The second-order valence-electron chi connectivity index (χ2n) is 5.74. The quantitative estimate of drug-likeness (QED) is 0.814. The monoisotopic (exact) mass is 365 g/mol. The largest absolute Gasteiger partial charge is 0.586 e. The molecule has 0 unspecified atom stereocenters. The molecule has 1 amide bonds. The Labute approximate surface area is 148 Å². The van der Waals surface area contributed by atoms with Crippen LogP contribution in [0.1, 0.15) is 15.9 Å². The van der Waals surface area contributed by atoms with Gasteiger partial charge in [-0.15, -0.1) is 8.78 Å². The van der Waals surface area contributed by atoms with Crippen LogP contribution in [0.25, 0.3) is 0 Å². The number of methoxy groups -OCH3 is 1. The molecular formula is C18H17F2NO5. The number of para-hydroxylation sites is 2. The molecule has 3 rings (SSSR count). The number of amides is 1. The van der Waals surface area contributed by atoms with Crippen LogP contribution < -0.4 is 18.9 Å². The molecule has 26 heavy (non-hydrogen) atoms. The number of nitrogens with zero attached hydrogens (tertiary/aromatic N) is 1. The summed E-state index contributed by atoms with van der Waals surface area (Å²) in [5, 5.41) is 0. The summed E-state index contributed by atoms with van der Waals surface area (Å²) in [6.45, 7) is -0.114. The van der Waals surface area contributed by atoms with Crippen LogP contribution in [0.15, 0.2) is 36.4 Å². The van der Waals surface area contributed by atoms with Crippen LogP contribution in [0.5, 0.6) is 23.0 Å². The second kappa shape index (κ2) is 6.70. The van der Waals surface area contributed by atoms with Gasteiger partial charge in [-0.25, -0.2) is 0 Å². The van der Waals surface area contributed by atoms with Gasteiger partial charge in [-0.05, 0) is 18.2 Å². The summed E-state index contributed by atoms with van der Waals surface area (Å²) < 4.78 is 46.6. The van der Waals surface area contributed by atoms with E-state index in [2.05, 4.69) is 9.47 Å². The number of carbonyl (C=O) groups is 1. The van der Waals surface area contributed by atoms with Crippen molar-refractivity contribution >= 4 is 5.91 Å². The summed E-state index contributed by atoms with van der Waals surface area (Å²) in [4.78, 5) is 13.8. The van der Waals surface area contributed by atoms with Gasteiger partial charge in [0, 0.05) is 19.7 Å². The van der Waals surface area contributed by atoms with E-state index in [0.29, 0.717) is 16.9 Å². The third-order valence-corrected chi connectivity index (χ3v) is 3.72. The molecule has 0 radical (unpaired) electrons. The summed E-state index contributed by atoms with van der Waals surface area (Å²) in [6.07, 6.45) is -3.71. The Bertz CT molecular complexity index is 838. The van der Waals surface area contributed by atoms with E-state index < -0.39 is 6.29 Å². The molecule has 0 aliphatic carbocycles. The van der Waals surface area contributed by atoms with E-state index in [1.165, 1.54) is 18.1 Å². The van der Waals surface area contributed by atoms with Crippen LogP contribution in [0.2, 0.25) is 0 Å². The van der Waals surface area contributed by atoms with E-state index in [1.807, 2.05) is 0 Å². The number of fused-ring (bicyclic) bond motifs is 1. The molecule has 138 valence electrons. The third-order valence-electron chi connectivity index (χ3n) is 3.72. The van der Waals surface area contributed by atoms with Crippen molar-refractivity contribution < 1.29 is 32.5 Å². The number of carbonyl (C=O) groups excluding carboxylic acids is 1. The number of alkyl halides is 2. The first-order valence-electron chi connectivity index (χ1n) is 7.71. The van der Waals surface area contributed by atoms with Crippen molar-refractivity contribution in [3.8, 4) is 23.0 Å². The summed E-state index contributed by atoms with van der Waals surface area (Å²) in [6, 6.07) is 9.42. The molecule has 0 atom stereocenters. The molecule has 0 aromatic heterocycles. The van der Waals surface area contributed by atoms with E-state index in [9.17, 15) is 13.6 Å². The molecule has 2 aromatic carbocycles.